The van der Waals surface area contributed by atoms with Gasteiger partial charge in [-0.2, -0.15) is 0 Å². The molecule has 72 heavy (non-hydrogen) atoms. The SMILES string of the molecule is Clc1cccc(O[P+](c2ccccc2)(c2ccccc2)c2ccccc2)c1.Fc1c(F)c(F)c([B-](c2c(F)c(F)c(F)c(F)c2F)(c2c(F)c(F)c(F)c(F)c2F)c2c(F)c(F)c(F)c(F)c2F)c(F)c1F. The van der Waals surface area contributed by atoms with E-state index in [0.29, 0.717) is 5.02 Å². The minimum atomic E-state index is -7.22. The third-order valence-corrected chi connectivity index (χ3v) is 14.9. The Kier molecular flexibility index (Phi) is 14.8. The predicted octanol–water partition coefficient (Wildman–Crippen LogP) is 11.5. The Balaban J connectivity index is 0.000000238. The van der Waals surface area contributed by atoms with E-state index in [1.807, 2.05) is 42.5 Å². The van der Waals surface area contributed by atoms with Crippen molar-refractivity contribution in [2.45, 2.75) is 0 Å². The van der Waals surface area contributed by atoms with E-state index in [4.69, 9.17) is 16.1 Å². The summed E-state index contributed by atoms with van der Waals surface area (Å²) >= 11 is 6.24. The summed E-state index contributed by atoms with van der Waals surface area (Å²) in [5.41, 5.74) is -14.3. The summed E-state index contributed by atoms with van der Waals surface area (Å²) in [6, 6.07) is 39.0. The Bertz CT molecular complexity index is 2930. The first-order chi connectivity index (χ1) is 34.0. The van der Waals surface area contributed by atoms with E-state index in [2.05, 4.69) is 72.8 Å². The zero-order chi connectivity index (χ0) is 52.9. The summed E-state index contributed by atoms with van der Waals surface area (Å²) in [4.78, 5) is 0. The molecule has 24 heteroatoms. The van der Waals surface area contributed by atoms with Gasteiger partial charge in [0.1, 0.15) is 68.6 Å². The van der Waals surface area contributed by atoms with Crippen molar-refractivity contribution in [2.24, 2.45) is 0 Å². The van der Waals surface area contributed by atoms with Crippen molar-refractivity contribution in [1.29, 1.82) is 0 Å². The second kappa shape index (κ2) is 20.2. The van der Waals surface area contributed by atoms with Crippen molar-refractivity contribution in [3.05, 3.63) is 237 Å². The number of hydrogen-bond acceptors (Lipinski definition) is 1. The monoisotopic (exact) mass is 1070 g/mol. The van der Waals surface area contributed by atoms with Crippen LogP contribution in [0.4, 0.5) is 87.8 Å². The highest BCUT2D eigenvalue weighted by molar-refractivity contribution is 7.92. The van der Waals surface area contributed by atoms with Crippen LogP contribution in [0, 0.1) is 116 Å². The van der Waals surface area contributed by atoms with Crippen LogP contribution in [-0.2, 0) is 0 Å². The first-order valence-electron chi connectivity index (χ1n) is 19.7. The lowest BCUT2D eigenvalue weighted by atomic mass is 9.12. The zero-order valence-corrected chi connectivity index (χ0v) is 36.5. The third-order valence-electron chi connectivity index (χ3n) is 11.1. The fourth-order valence-electron chi connectivity index (χ4n) is 8.08. The summed E-state index contributed by atoms with van der Waals surface area (Å²) in [7, 11) is -2.35. The van der Waals surface area contributed by atoms with Gasteiger partial charge in [-0.05, 0) is 48.5 Å². The maximum Gasteiger partial charge on any atom is 0.287 e. The second-order valence-electron chi connectivity index (χ2n) is 15.0. The van der Waals surface area contributed by atoms with E-state index in [1.54, 1.807) is 0 Å². The van der Waals surface area contributed by atoms with Gasteiger partial charge in [0, 0.05) is 11.1 Å². The first-order valence-corrected chi connectivity index (χ1v) is 21.8. The van der Waals surface area contributed by atoms with Crippen LogP contribution < -0.4 is 42.3 Å². The average Bonchev–Trinajstić information content (AvgIpc) is 3.38. The van der Waals surface area contributed by atoms with Crippen molar-refractivity contribution in [3.8, 4) is 5.75 Å². The van der Waals surface area contributed by atoms with E-state index in [0.717, 1.165) is 5.75 Å². The molecule has 0 unspecified atom stereocenters. The summed E-state index contributed by atoms with van der Waals surface area (Å²) in [6.45, 7) is 0. The van der Waals surface area contributed by atoms with Crippen LogP contribution in [0.5, 0.6) is 5.75 Å². The van der Waals surface area contributed by atoms with Crippen LogP contribution in [-0.4, -0.2) is 6.15 Å². The molecule has 0 heterocycles. The molecule has 372 valence electrons. The maximum atomic E-state index is 15.4. The Labute approximate surface area is 396 Å². The molecule has 0 amide bonds. The normalized spacial score (nSPS) is 11.7. The predicted molar refractivity (Wildman–Crippen MR) is 226 cm³/mol. The first kappa shape index (κ1) is 52.8. The Morgan fingerprint density at radius 2 is 0.500 bits per heavy atom. The van der Waals surface area contributed by atoms with Crippen LogP contribution in [0.25, 0.3) is 0 Å². The van der Waals surface area contributed by atoms with Crippen LogP contribution in [0.15, 0.2) is 115 Å². The molecule has 0 aliphatic rings. The number of hydrogen-bond donors (Lipinski definition) is 0. The lowest BCUT2D eigenvalue weighted by molar-refractivity contribution is 0.378. The molecule has 8 aromatic rings. The molecule has 0 saturated heterocycles. The fraction of sp³-hybridized carbons (Fsp3) is 0. The van der Waals surface area contributed by atoms with Crippen LogP contribution in [0.3, 0.4) is 0 Å². The molecule has 8 aromatic carbocycles. The largest absolute Gasteiger partial charge is 0.334 e. The topological polar surface area (TPSA) is 9.23 Å². The average molecular weight is 1070 g/mol. The zero-order valence-electron chi connectivity index (χ0n) is 34.8. The molecule has 0 aliphatic heterocycles. The molecular weight excluding hydrogens is 1050 g/mol. The van der Waals surface area contributed by atoms with E-state index in [1.165, 1.54) is 15.9 Å². The Morgan fingerprint density at radius 1 is 0.278 bits per heavy atom. The van der Waals surface area contributed by atoms with Crippen molar-refractivity contribution in [2.75, 3.05) is 0 Å². The van der Waals surface area contributed by atoms with E-state index < -0.39 is 152 Å². The third kappa shape index (κ3) is 8.36. The quantitative estimate of drug-likeness (QED) is 0.0460. The maximum absolute atomic E-state index is 15.4. The molecular formula is C48H19BClF20OP. The lowest BCUT2D eigenvalue weighted by Gasteiger charge is -2.44. The van der Waals surface area contributed by atoms with Crippen molar-refractivity contribution < 1.29 is 92.3 Å². The van der Waals surface area contributed by atoms with Gasteiger partial charge in [0.25, 0.3) is 7.49 Å². The van der Waals surface area contributed by atoms with Gasteiger partial charge in [0.15, 0.2) is 75.6 Å². The van der Waals surface area contributed by atoms with Gasteiger partial charge in [-0.1, -0.05) is 72.3 Å². The van der Waals surface area contributed by atoms with Crippen LogP contribution >= 0.6 is 19.1 Å². The smallest absolute Gasteiger partial charge is 0.287 e. The van der Waals surface area contributed by atoms with Gasteiger partial charge in [-0.15, -0.1) is 21.9 Å². The van der Waals surface area contributed by atoms with Gasteiger partial charge in [0.2, 0.25) is 0 Å². The highest BCUT2D eigenvalue weighted by atomic mass is 35.5. The fourth-order valence-corrected chi connectivity index (χ4v) is 11.7. The molecule has 0 aliphatic carbocycles. The van der Waals surface area contributed by atoms with Gasteiger partial charge in [-0.25, -0.2) is 87.8 Å². The lowest BCUT2D eigenvalue weighted by Crippen LogP contribution is -2.81. The molecule has 0 saturated carbocycles. The molecule has 0 fully saturated rings. The molecule has 8 rings (SSSR count). The second-order valence-corrected chi connectivity index (χ2v) is 18.4. The summed E-state index contributed by atoms with van der Waals surface area (Å²) in [6.07, 6.45) is -7.22. The minimum Gasteiger partial charge on any atom is -0.334 e. The molecule has 0 radical (unpaired) electrons. The highest BCUT2D eigenvalue weighted by Gasteiger charge is 2.53. The van der Waals surface area contributed by atoms with Crippen molar-refractivity contribution >= 4 is 63.0 Å². The summed E-state index contributed by atoms with van der Waals surface area (Å²) in [5.74, 6) is -70.6. The summed E-state index contributed by atoms with van der Waals surface area (Å²) < 4.78 is 301. The highest BCUT2D eigenvalue weighted by Crippen LogP contribution is 2.56. The number of benzene rings is 8. The Hall–Kier alpha value is -7.06. The Morgan fingerprint density at radius 3 is 0.722 bits per heavy atom. The minimum absolute atomic E-state index is 0.666. The van der Waals surface area contributed by atoms with Gasteiger partial charge in [0.05, 0.1) is 0 Å². The van der Waals surface area contributed by atoms with Gasteiger partial charge < -0.3 is 4.52 Å². The van der Waals surface area contributed by atoms with Gasteiger partial charge in [-0.3, -0.25) is 0 Å². The van der Waals surface area contributed by atoms with Crippen LogP contribution in [0.1, 0.15) is 0 Å². The van der Waals surface area contributed by atoms with Crippen molar-refractivity contribution in [1.82, 2.24) is 0 Å². The molecule has 0 atom stereocenters. The number of halogens is 21. The van der Waals surface area contributed by atoms with Crippen LogP contribution in [0.2, 0.25) is 5.02 Å². The van der Waals surface area contributed by atoms with E-state index in [-0.39, 0.29) is 0 Å². The van der Waals surface area contributed by atoms with Crippen molar-refractivity contribution in [3.63, 3.8) is 0 Å². The molecule has 1 nitrogen and oxygen atoms in total. The van der Waals surface area contributed by atoms with E-state index in [9.17, 15) is 52.7 Å². The summed E-state index contributed by atoms with van der Waals surface area (Å²) in [5, 5.41) is 4.17. The number of rotatable bonds is 9. The molecule has 0 aromatic heterocycles. The molecule has 0 spiro atoms. The molecule has 0 bridgehead atoms. The standard InChI is InChI=1S/C24BF20.C24H19ClOP/c26-5-1(6(27)14(35)21(42)13(5)34)25(2-7(28)15(36)22(43)16(37)8(2)29,3-9(30)17(38)23(44)18(39)10(3)31)4-11(32)19(40)24(45)20(41)12(4)33;25-20-11-10-12-21(19-20)26-27(22-13-4-1-5-14-22,23-15-6-2-7-16-23)24-17-8-3-9-18-24/h;1-19H/q-1;+1. The molecule has 0 N–H and O–H groups in total. The van der Waals surface area contributed by atoms with Gasteiger partial charge >= 0.3 is 0 Å². The van der Waals surface area contributed by atoms with E-state index >= 15 is 35.1 Å².